The van der Waals surface area contributed by atoms with Crippen molar-refractivity contribution in [1.29, 1.82) is 0 Å². The monoisotopic (exact) mass is 350 g/mol. The van der Waals surface area contributed by atoms with Crippen LogP contribution in [0, 0.1) is 5.92 Å². The first-order chi connectivity index (χ1) is 12.6. The number of carbonyl (C=O) groups excluding carboxylic acids is 2. The molecular formula is C22H26N2O2. The van der Waals surface area contributed by atoms with Gasteiger partial charge in [-0.15, -0.1) is 0 Å². The number of piperidine rings is 1. The highest BCUT2D eigenvalue weighted by Gasteiger charge is 2.29. The number of hydrogen-bond donors (Lipinski definition) is 0. The first-order valence-electron chi connectivity index (χ1n) is 9.31. The van der Waals surface area contributed by atoms with Crippen LogP contribution in [-0.4, -0.2) is 36.3 Å². The van der Waals surface area contributed by atoms with Gasteiger partial charge in [-0.05, 0) is 37.0 Å². The van der Waals surface area contributed by atoms with E-state index in [0.717, 1.165) is 24.9 Å². The van der Waals surface area contributed by atoms with Gasteiger partial charge in [0.05, 0.1) is 0 Å². The molecular weight excluding hydrogens is 324 g/mol. The van der Waals surface area contributed by atoms with Crippen LogP contribution in [0.5, 0.6) is 0 Å². The second-order valence-electron chi connectivity index (χ2n) is 6.84. The fourth-order valence-corrected chi connectivity index (χ4v) is 3.52. The van der Waals surface area contributed by atoms with Gasteiger partial charge in [0, 0.05) is 38.2 Å². The van der Waals surface area contributed by atoms with Crippen LogP contribution in [0.15, 0.2) is 60.7 Å². The van der Waals surface area contributed by atoms with E-state index in [4.69, 9.17) is 0 Å². The molecule has 1 aliphatic heterocycles. The Morgan fingerprint density at radius 1 is 0.962 bits per heavy atom. The number of para-hydroxylation sites is 1. The third-order valence-corrected chi connectivity index (χ3v) is 5.09. The Bertz CT molecular complexity index is 722. The van der Waals surface area contributed by atoms with Gasteiger partial charge in [-0.25, -0.2) is 0 Å². The minimum Gasteiger partial charge on any atom is -0.343 e. The van der Waals surface area contributed by atoms with Gasteiger partial charge in [-0.2, -0.15) is 0 Å². The molecule has 136 valence electrons. The summed E-state index contributed by atoms with van der Waals surface area (Å²) >= 11 is 0. The standard InChI is InChI=1S/C22H26N2O2/c1-18(25)23-15-13-20(14-16-23)22(26)24(21-10-6-3-7-11-21)17-12-19-8-4-2-5-9-19/h2-11,20H,12-17H2,1H3. The molecule has 0 aliphatic carbocycles. The van der Waals surface area contributed by atoms with Gasteiger partial charge in [-0.1, -0.05) is 48.5 Å². The summed E-state index contributed by atoms with van der Waals surface area (Å²) in [5.74, 6) is 0.261. The number of carbonyl (C=O) groups is 2. The maximum Gasteiger partial charge on any atom is 0.230 e. The second kappa shape index (κ2) is 8.65. The highest BCUT2D eigenvalue weighted by atomic mass is 16.2. The van der Waals surface area contributed by atoms with E-state index >= 15 is 0 Å². The second-order valence-corrected chi connectivity index (χ2v) is 6.84. The van der Waals surface area contributed by atoms with Crippen molar-refractivity contribution in [3.63, 3.8) is 0 Å². The molecule has 3 rings (SSSR count). The van der Waals surface area contributed by atoms with Gasteiger partial charge in [0.15, 0.2) is 0 Å². The van der Waals surface area contributed by atoms with Gasteiger partial charge >= 0.3 is 0 Å². The molecule has 0 aromatic heterocycles. The molecule has 0 spiro atoms. The predicted molar refractivity (Wildman–Crippen MR) is 104 cm³/mol. The summed E-state index contributed by atoms with van der Waals surface area (Å²) in [4.78, 5) is 28.5. The van der Waals surface area contributed by atoms with E-state index in [1.165, 1.54) is 5.56 Å². The first kappa shape index (κ1) is 18.2. The lowest BCUT2D eigenvalue weighted by atomic mass is 9.94. The van der Waals surface area contributed by atoms with Crippen LogP contribution in [0.2, 0.25) is 0 Å². The molecule has 2 aromatic rings. The molecule has 1 saturated heterocycles. The van der Waals surface area contributed by atoms with Gasteiger partial charge in [0.2, 0.25) is 11.8 Å². The summed E-state index contributed by atoms with van der Waals surface area (Å²) in [5, 5.41) is 0. The maximum absolute atomic E-state index is 13.2. The summed E-state index contributed by atoms with van der Waals surface area (Å²) in [5.41, 5.74) is 2.18. The van der Waals surface area contributed by atoms with E-state index in [-0.39, 0.29) is 17.7 Å². The molecule has 1 aliphatic rings. The highest BCUT2D eigenvalue weighted by molar-refractivity contribution is 5.95. The lowest BCUT2D eigenvalue weighted by molar-refractivity contribution is -0.133. The molecule has 1 fully saturated rings. The van der Waals surface area contributed by atoms with Crippen molar-refractivity contribution in [2.45, 2.75) is 26.2 Å². The van der Waals surface area contributed by atoms with Crippen LogP contribution in [0.4, 0.5) is 5.69 Å². The molecule has 2 amide bonds. The van der Waals surface area contributed by atoms with Crippen molar-refractivity contribution in [2.75, 3.05) is 24.5 Å². The summed E-state index contributed by atoms with van der Waals surface area (Å²) in [6, 6.07) is 20.1. The molecule has 0 unspecified atom stereocenters. The lowest BCUT2D eigenvalue weighted by Crippen LogP contribution is -2.44. The molecule has 0 atom stereocenters. The Labute approximate surface area is 155 Å². The SMILES string of the molecule is CC(=O)N1CCC(C(=O)N(CCc2ccccc2)c2ccccc2)CC1. The topological polar surface area (TPSA) is 40.6 Å². The largest absolute Gasteiger partial charge is 0.343 e. The third-order valence-electron chi connectivity index (χ3n) is 5.09. The number of amides is 2. The van der Waals surface area contributed by atoms with Crippen molar-refractivity contribution >= 4 is 17.5 Å². The van der Waals surface area contributed by atoms with Crippen LogP contribution in [0.3, 0.4) is 0 Å². The molecule has 0 bridgehead atoms. The van der Waals surface area contributed by atoms with Crippen LogP contribution in [-0.2, 0) is 16.0 Å². The summed E-state index contributed by atoms with van der Waals surface area (Å²) in [6.45, 7) is 3.61. The minimum atomic E-state index is -0.0124. The van der Waals surface area contributed by atoms with E-state index < -0.39 is 0 Å². The number of likely N-dealkylation sites (tertiary alicyclic amines) is 1. The molecule has 0 N–H and O–H groups in total. The number of nitrogens with zero attached hydrogens (tertiary/aromatic N) is 2. The fourth-order valence-electron chi connectivity index (χ4n) is 3.52. The number of rotatable bonds is 5. The smallest absolute Gasteiger partial charge is 0.230 e. The highest BCUT2D eigenvalue weighted by Crippen LogP contribution is 2.24. The zero-order valence-corrected chi connectivity index (χ0v) is 15.3. The molecule has 26 heavy (non-hydrogen) atoms. The predicted octanol–water partition coefficient (Wildman–Crippen LogP) is 3.52. The average Bonchev–Trinajstić information content (AvgIpc) is 2.69. The van der Waals surface area contributed by atoms with Gasteiger partial charge in [0.1, 0.15) is 0 Å². The molecule has 1 heterocycles. The molecule has 0 saturated carbocycles. The third kappa shape index (κ3) is 4.51. The quantitative estimate of drug-likeness (QED) is 0.828. The number of hydrogen-bond acceptors (Lipinski definition) is 2. The Morgan fingerprint density at radius 3 is 2.12 bits per heavy atom. The zero-order valence-electron chi connectivity index (χ0n) is 15.3. The Kier molecular flexibility index (Phi) is 6.05. The van der Waals surface area contributed by atoms with Gasteiger partial charge < -0.3 is 9.80 Å². The van der Waals surface area contributed by atoms with Crippen LogP contribution < -0.4 is 4.90 Å². The van der Waals surface area contributed by atoms with E-state index in [1.54, 1.807) is 6.92 Å². The Morgan fingerprint density at radius 2 is 1.54 bits per heavy atom. The van der Waals surface area contributed by atoms with Crippen molar-refractivity contribution in [3.05, 3.63) is 66.2 Å². The van der Waals surface area contributed by atoms with E-state index in [1.807, 2.05) is 58.3 Å². The first-order valence-corrected chi connectivity index (χ1v) is 9.31. The number of anilines is 1. The molecule has 4 heteroatoms. The van der Waals surface area contributed by atoms with Crippen molar-refractivity contribution in [2.24, 2.45) is 5.92 Å². The Balaban J connectivity index is 1.71. The number of benzene rings is 2. The fraction of sp³-hybridized carbons (Fsp3) is 0.364. The van der Waals surface area contributed by atoms with Crippen LogP contribution >= 0.6 is 0 Å². The van der Waals surface area contributed by atoms with Crippen molar-refractivity contribution < 1.29 is 9.59 Å². The normalized spacial score (nSPS) is 14.9. The van der Waals surface area contributed by atoms with Crippen LogP contribution in [0.25, 0.3) is 0 Å². The van der Waals surface area contributed by atoms with E-state index in [9.17, 15) is 9.59 Å². The zero-order chi connectivity index (χ0) is 18.4. The maximum atomic E-state index is 13.2. The lowest BCUT2D eigenvalue weighted by Gasteiger charge is -2.34. The summed E-state index contributed by atoms with van der Waals surface area (Å²) in [6.07, 6.45) is 2.31. The van der Waals surface area contributed by atoms with E-state index in [0.29, 0.717) is 19.6 Å². The van der Waals surface area contributed by atoms with Crippen molar-refractivity contribution in [3.8, 4) is 0 Å². The average molecular weight is 350 g/mol. The molecule has 4 nitrogen and oxygen atoms in total. The van der Waals surface area contributed by atoms with E-state index in [2.05, 4.69) is 12.1 Å². The molecule has 2 aromatic carbocycles. The van der Waals surface area contributed by atoms with Gasteiger partial charge in [0.25, 0.3) is 0 Å². The van der Waals surface area contributed by atoms with Crippen molar-refractivity contribution in [1.82, 2.24) is 4.90 Å². The minimum absolute atomic E-state index is 0.0124. The van der Waals surface area contributed by atoms with Gasteiger partial charge in [-0.3, -0.25) is 9.59 Å². The summed E-state index contributed by atoms with van der Waals surface area (Å²) in [7, 11) is 0. The Hall–Kier alpha value is -2.62. The molecule has 0 radical (unpaired) electrons. The van der Waals surface area contributed by atoms with Crippen LogP contribution in [0.1, 0.15) is 25.3 Å². The summed E-state index contributed by atoms with van der Waals surface area (Å²) < 4.78 is 0.